The number of alkyl halides is 3. The van der Waals surface area contributed by atoms with Gasteiger partial charge in [-0.2, -0.15) is 13.2 Å². The fraction of sp³-hybridized carbons (Fsp3) is 0.143. The zero-order valence-corrected chi connectivity index (χ0v) is 16.2. The Kier molecular flexibility index (Phi) is 6.49. The first-order chi connectivity index (χ1) is 14.7. The minimum atomic E-state index is -4.50. The highest BCUT2D eigenvalue weighted by atomic mass is 19.4. The molecule has 7 nitrogen and oxygen atoms in total. The zero-order valence-electron chi connectivity index (χ0n) is 16.2. The van der Waals surface area contributed by atoms with E-state index in [0.717, 1.165) is 12.1 Å². The average Bonchev–Trinajstić information content (AvgIpc) is 2.74. The maximum atomic E-state index is 12.9. The number of benzene rings is 2. The van der Waals surface area contributed by atoms with Crippen LogP contribution in [0.1, 0.15) is 22.8 Å². The SMILES string of the molecule is CC(OC(=O)c1ccccc1Nc1cccc(C(F)(F)F)c1)C(=O)Nc1ncccn1. The van der Waals surface area contributed by atoms with Gasteiger partial charge in [-0.15, -0.1) is 0 Å². The third kappa shape index (κ3) is 5.78. The van der Waals surface area contributed by atoms with Crippen LogP contribution in [0.4, 0.5) is 30.5 Å². The molecule has 10 heteroatoms. The van der Waals surface area contributed by atoms with Crippen molar-refractivity contribution in [3.05, 3.63) is 78.1 Å². The summed E-state index contributed by atoms with van der Waals surface area (Å²) in [4.78, 5) is 32.5. The van der Waals surface area contributed by atoms with Gasteiger partial charge < -0.3 is 10.1 Å². The van der Waals surface area contributed by atoms with E-state index in [2.05, 4.69) is 20.6 Å². The van der Waals surface area contributed by atoms with Crippen LogP contribution in [0, 0.1) is 0 Å². The van der Waals surface area contributed by atoms with Gasteiger partial charge >= 0.3 is 12.1 Å². The lowest BCUT2D eigenvalue weighted by Crippen LogP contribution is -2.30. The molecule has 0 spiro atoms. The van der Waals surface area contributed by atoms with Gasteiger partial charge in [-0.05, 0) is 43.3 Å². The predicted octanol–water partition coefficient (Wildman–Crippen LogP) is 4.42. The number of amides is 1. The van der Waals surface area contributed by atoms with Crippen LogP contribution in [-0.4, -0.2) is 27.9 Å². The minimum Gasteiger partial charge on any atom is -0.449 e. The van der Waals surface area contributed by atoms with E-state index in [1.807, 2.05) is 0 Å². The summed E-state index contributed by atoms with van der Waals surface area (Å²) in [5.41, 5.74) is -0.408. The Morgan fingerprint density at radius 1 is 1.00 bits per heavy atom. The smallest absolute Gasteiger partial charge is 0.416 e. The molecular formula is C21H17F3N4O3. The maximum absolute atomic E-state index is 12.9. The number of nitrogens with zero attached hydrogens (tertiary/aromatic N) is 2. The van der Waals surface area contributed by atoms with Gasteiger partial charge in [0, 0.05) is 18.1 Å². The lowest BCUT2D eigenvalue weighted by molar-refractivity contribution is -0.137. The summed E-state index contributed by atoms with van der Waals surface area (Å²) in [6.45, 7) is 1.37. The molecule has 0 aliphatic rings. The number of esters is 1. The van der Waals surface area contributed by atoms with Gasteiger partial charge in [-0.25, -0.2) is 14.8 Å². The Labute approximate surface area is 175 Å². The molecule has 0 saturated carbocycles. The highest BCUT2D eigenvalue weighted by Gasteiger charge is 2.30. The Morgan fingerprint density at radius 2 is 1.71 bits per heavy atom. The number of carbonyl (C=O) groups is 2. The second kappa shape index (κ2) is 9.24. The Morgan fingerprint density at radius 3 is 2.42 bits per heavy atom. The van der Waals surface area contributed by atoms with E-state index in [1.165, 1.54) is 43.6 Å². The van der Waals surface area contributed by atoms with Crippen molar-refractivity contribution >= 4 is 29.2 Å². The number of anilines is 3. The number of carbonyl (C=O) groups excluding carboxylic acids is 2. The van der Waals surface area contributed by atoms with Gasteiger partial charge in [-0.1, -0.05) is 18.2 Å². The van der Waals surface area contributed by atoms with Gasteiger partial charge in [0.2, 0.25) is 5.95 Å². The van der Waals surface area contributed by atoms with Gasteiger partial charge in [0.1, 0.15) is 0 Å². The molecule has 1 atom stereocenters. The van der Waals surface area contributed by atoms with Gasteiger partial charge in [0.25, 0.3) is 5.91 Å². The molecule has 3 aromatic rings. The van der Waals surface area contributed by atoms with Crippen molar-refractivity contribution in [3.8, 4) is 0 Å². The second-order valence-electron chi connectivity index (χ2n) is 6.36. The molecule has 0 aliphatic carbocycles. The van der Waals surface area contributed by atoms with E-state index >= 15 is 0 Å². The van der Waals surface area contributed by atoms with Crippen molar-refractivity contribution in [3.63, 3.8) is 0 Å². The summed E-state index contributed by atoms with van der Waals surface area (Å²) in [7, 11) is 0. The van der Waals surface area contributed by atoms with Crippen LogP contribution in [0.3, 0.4) is 0 Å². The highest BCUT2D eigenvalue weighted by molar-refractivity contribution is 5.99. The summed E-state index contributed by atoms with van der Waals surface area (Å²) in [6, 6.07) is 12.3. The van der Waals surface area contributed by atoms with E-state index in [4.69, 9.17) is 4.74 Å². The first-order valence-electron chi connectivity index (χ1n) is 9.06. The summed E-state index contributed by atoms with van der Waals surface area (Å²) in [6.07, 6.45) is -2.79. The van der Waals surface area contributed by atoms with Crippen LogP contribution >= 0.6 is 0 Å². The number of hydrogen-bond acceptors (Lipinski definition) is 6. The molecule has 1 amide bonds. The summed E-state index contributed by atoms with van der Waals surface area (Å²) < 4.78 is 44.0. The van der Waals surface area contributed by atoms with E-state index in [0.29, 0.717) is 0 Å². The first kappa shape index (κ1) is 21.8. The monoisotopic (exact) mass is 430 g/mol. The third-order valence-corrected chi connectivity index (χ3v) is 4.07. The van der Waals surface area contributed by atoms with E-state index < -0.39 is 29.7 Å². The average molecular weight is 430 g/mol. The predicted molar refractivity (Wildman–Crippen MR) is 107 cm³/mol. The maximum Gasteiger partial charge on any atom is 0.416 e. The van der Waals surface area contributed by atoms with Crippen LogP contribution in [-0.2, 0) is 15.7 Å². The quantitative estimate of drug-likeness (QED) is 0.563. The van der Waals surface area contributed by atoms with Crippen molar-refractivity contribution in [1.82, 2.24) is 9.97 Å². The molecule has 0 saturated heterocycles. The summed E-state index contributed by atoms with van der Waals surface area (Å²) >= 11 is 0. The Balaban J connectivity index is 1.72. The standard InChI is InChI=1S/C21H17F3N4O3/c1-13(18(29)28-20-25-10-5-11-26-20)31-19(30)16-8-2-3-9-17(16)27-15-7-4-6-14(12-15)21(22,23)24/h2-13,27H,1H3,(H,25,26,28,29). The van der Waals surface area contributed by atoms with Gasteiger partial charge in [0.05, 0.1) is 16.8 Å². The topological polar surface area (TPSA) is 93.2 Å². The number of ether oxygens (including phenoxy) is 1. The normalized spacial score (nSPS) is 12.0. The highest BCUT2D eigenvalue weighted by Crippen LogP contribution is 2.32. The molecular weight excluding hydrogens is 413 g/mol. The van der Waals surface area contributed by atoms with Crippen molar-refractivity contribution in [2.45, 2.75) is 19.2 Å². The summed E-state index contributed by atoms with van der Waals surface area (Å²) in [5.74, 6) is -1.41. The Bertz CT molecular complexity index is 1070. The van der Waals surface area contributed by atoms with Crippen molar-refractivity contribution in [2.75, 3.05) is 10.6 Å². The van der Waals surface area contributed by atoms with Gasteiger partial charge in [0.15, 0.2) is 6.10 Å². The lowest BCUT2D eigenvalue weighted by Gasteiger charge is -2.16. The summed E-state index contributed by atoms with van der Waals surface area (Å²) in [5, 5.41) is 5.20. The second-order valence-corrected chi connectivity index (χ2v) is 6.36. The molecule has 2 aromatic carbocycles. The number of rotatable bonds is 6. The van der Waals surface area contributed by atoms with Crippen LogP contribution in [0.25, 0.3) is 0 Å². The molecule has 1 unspecified atom stereocenters. The number of halogens is 3. The molecule has 0 fully saturated rings. The molecule has 160 valence electrons. The zero-order chi connectivity index (χ0) is 22.4. The minimum absolute atomic E-state index is 0.0514. The van der Waals surface area contributed by atoms with Crippen molar-refractivity contribution < 1.29 is 27.5 Å². The lowest BCUT2D eigenvalue weighted by atomic mass is 10.1. The number of aromatic nitrogens is 2. The molecule has 31 heavy (non-hydrogen) atoms. The van der Waals surface area contributed by atoms with Gasteiger partial charge in [-0.3, -0.25) is 10.1 Å². The fourth-order valence-corrected chi connectivity index (χ4v) is 2.55. The number of nitrogens with one attached hydrogen (secondary N) is 2. The van der Waals surface area contributed by atoms with E-state index in [1.54, 1.807) is 18.2 Å². The van der Waals surface area contributed by atoms with Crippen LogP contribution < -0.4 is 10.6 Å². The first-order valence-corrected chi connectivity index (χ1v) is 9.06. The van der Waals surface area contributed by atoms with Crippen LogP contribution in [0.15, 0.2) is 67.0 Å². The molecule has 0 bridgehead atoms. The molecule has 0 radical (unpaired) electrons. The van der Waals surface area contributed by atoms with Crippen LogP contribution in [0.5, 0.6) is 0 Å². The third-order valence-electron chi connectivity index (χ3n) is 4.07. The Hall–Kier alpha value is -3.95. The molecule has 3 rings (SSSR count). The fourth-order valence-electron chi connectivity index (χ4n) is 2.55. The largest absolute Gasteiger partial charge is 0.449 e. The molecule has 1 heterocycles. The molecule has 1 aromatic heterocycles. The van der Waals surface area contributed by atoms with E-state index in [9.17, 15) is 22.8 Å². The van der Waals surface area contributed by atoms with Crippen molar-refractivity contribution in [1.29, 1.82) is 0 Å². The van der Waals surface area contributed by atoms with E-state index in [-0.39, 0.29) is 22.9 Å². The molecule has 0 aliphatic heterocycles. The molecule has 2 N–H and O–H groups in total. The number of para-hydroxylation sites is 1. The van der Waals surface area contributed by atoms with Crippen molar-refractivity contribution in [2.24, 2.45) is 0 Å². The van der Waals surface area contributed by atoms with Crippen LogP contribution in [0.2, 0.25) is 0 Å². The number of hydrogen-bond donors (Lipinski definition) is 2.